The molecule has 0 unspecified atom stereocenters. The topological polar surface area (TPSA) is 64.5 Å². The van der Waals surface area contributed by atoms with Crippen LogP contribution >= 0.6 is 0 Å². The molecule has 0 bridgehead atoms. The van der Waals surface area contributed by atoms with Crippen LogP contribution in [0.4, 0.5) is 0 Å². The maximum absolute atomic E-state index is 10.7. The summed E-state index contributed by atoms with van der Waals surface area (Å²) in [6, 6.07) is 9.17. The van der Waals surface area contributed by atoms with Gasteiger partial charge in [-0.3, -0.25) is 0 Å². The van der Waals surface area contributed by atoms with E-state index in [-0.39, 0.29) is 10.8 Å². The minimum atomic E-state index is 0.0455. The number of phenols is 2. The van der Waals surface area contributed by atoms with Crippen molar-refractivity contribution in [2.24, 2.45) is 0 Å². The molecule has 4 N–H and O–H groups in total. The van der Waals surface area contributed by atoms with Gasteiger partial charge < -0.3 is 20.8 Å². The molecule has 2 aromatic rings. The van der Waals surface area contributed by atoms with Gasteiger partial charge in [0.2, 0.25) is 0 Å². The van der Waals surface area contributed by atoms with E-state index in [1.165, 1.54) is 24.0 Å². The zero-order chi connectivity index (χ0) is 25.3. The summed E-state index contributed by atoms with van der Waals surface area (Å²) in [6.45, 7) is 18.6. The molecule has 2 aromatic carbocycles. The summed E-state index contributed by atoms with van der Waals surface area (Å²) in [5.41, 5.74) is 6.42. The van der Waals surface area contributed by atoms with Gasteiger partial charge in [0.1, 0.15) is 11.5 Å². The summed E-state index contributed by atoms with van der Waals surface area (Å²) < 4.78 is 0. The fourth-order valence-corrected chi connectivity index (χ4v) is 4.94. The highest BCUT2D eigenvalue weighted by Crippen LogP contribution is 2.32. The molecule has 0 aliphatic heterocycles. The van der Waals surface area contributed by atoms with Crippen LogP contribution in [0.25, 0.3) is 0 Å². The Morgan fingerprint density at radius 1 is 0.676 bits per heavy atom. The van der Waals surface area contributed by atoms with Gasteiger partial charge in [-0.1, -0.05) is 78.6 Å². The van der Waals surface area contributed by atoms with Crippen LogP contribution in [-0.4, -0.2) is 22.3 Å². The first kappa shape index (κ1) is 26.6. The minimum absolute atomic E-state index is 0.0455. The van der Waals surface area contributed by atoms with Gasteiger partial charge in [-0.15, -0.1) is 0 Å². The molecule has 2 atom stereocenters. The molecule has 188 valence electrons. The van der Waals surface area contributed by atoms with E-state index in [1.54, 1.807) is 0 Å². The van der Waals surface area contributed by atoms with Crippen molar-refractivity contribution in [3.05, 3.63) is 57.6 Å². The standard InChI is InChI=1S/C30H46N2O2/c1-19-13-23(29(3,4)5)15-21(27(19)33)17-31-25-11-9-10-12-26(25)32-18-22-16-24(30(6,7)8)14-20(2)28(22)34/h13-16,25-26,31-34H,9-12,17-18H2,1-8H3/t25-,26+. The zero-order valence-electron chi connectivity index (χ0n) is 22.6. The molecular formula is C30H46N2O2. The Bertz CT molecular complexity index is 917. The Morgan fingerprint density at radius 3 is 1.35 bits per heavy atom. The van der Waals surface area contributed by atoms with Crippen LogP contribution in [0.5, 0.6) is 11.5 Å². The number of hydrogen-bond acceptors (Lipinski definition) is 4. The van der Waals surface area contributed by atoms with Crippen molar-refractivity contribution in [1.29, 1.82) is 0 Å². The molecule has 3 rings (SSSR count). The average Bonchev–Trinajstić information content (AvgIpc) is 2.74. The van der Waals surface area contributed by atoms with Gasteiger partial charge in [-0.25, -0.2) is 0 Å². The fraction of sp³-hybridized carbons (Fsp3) is 0.600. The molecule has 0 amide bonds. The molecule has 1 aliphatic carbocycles. The van der Waals surface area contributed by atoms with Crippen molar-refractivity contribution in [3.63, 3.8) is 0 Å². The molecule has 4 nitrogen and oxygen atoms in total. The summed E-state index contributed by atoms with van der Waals surface area (Å²) in [7, 11) is 0. The molecule has 0 radical (unpaired) electrons. The molecule has 0 heterocycles. The Kier molecular flexibility index (Phi) is 8.04. The number of aryl methyl sites for hydroxylation is 2. The Morgan fingerprint density at radius 2 is 1.03 bits per heavy atom. The lowest BCUT2D eigenvalue weighted by Gasteiger charge is -2.34. The lowest BCUT2D eigenvalue weighted by atomic mass is 9.84. The van der Waals surface area contributed by atoms with E-state index in [0.717, 1.165) is 35.1 Å². The number of phenolic OH excluding ortho intramolecular Hbond substituents is 2. The smallest absolute Gasteiger partial charge is 0.122 e. The van der Waals surface area contributed by atoms with Crippen molar-refractivity contribution < 1.29 is 10.2 Å². The molecule has 0 saturated heterocycles. The summed E-state index contributed by atoms with van der Waals surface area (Å²) in [5, 5.41) is 28.9. The van der Waals surface area contributed by atoms with E-state index in [9.17, 15) is 10.2 Å². The maximum atomic E-state index is 10.7. The highest BCUT2D eigenvalue weighted by molar-refractivity contribution is 5.46. The Balaban J connectivity index is 1.72. The summed E-state index contributed by atoms with van der Waals surface area (Å²) in [5.74, 6) is 0.806. The lowest BCUT2D eigenvalue weighted by Crippen LogP contribution is -2.49. The van der Waals surface area contributed by atoms with Crippen LogP contribution in [0, 0.1) is 13.8 Å². The van der Waals surface area contributed by atoms with Gasteiger partial charge in [0, 0.05) is 36.3 Å². The molecule has 34 heavy (non-hydrogen) atoms. The predicted octanol–water partition coefficient (Wildman–Crippen LogP) is 6.50. The van der Waals surface area contributed by atoms with Crippen LogP contribution in [0.1, 0.15) is 101 Å². The summed E-state index contributed by atoms with van der Waals surface area (Å²) in [4.78, 5) is 0. The van der Waals surface area contributed by atoms with Crippen molar-refractivity contribution in [1.82, 2.24) is 10.6 Å². The third kappa shape index (κ3) is 6.34. The van der Waals surface area contributed by atoms with Crippen LogP contribution in [-0.2, 0) is 23.9 Å². The fourth-order valence-electron chi connectivity index (χ4n) is 4.94. The molecule has 1 saturated carbocycles. The first-order valence-corrected chi connectivity index (χ1v) is 12.9. The second-order valence-corrected chi connectivity index (χ2v) is 12.4. The quantitative estimate of drug-likeness (QED) is 0.392. The van der Waals surface area contributed by atoms with Crippen LogP contribution < -0.4 is 10.6 Å². The second kappa shape index (κ2) is 10.3. The van der Waals surface area contributed by atoms with Crippen molar-refractivity contribution in [3.8, 4) is 11.5 Å². The van der Waals surface area contributed by atoms with E-state index in [2.05, 4.69) is 76.4 Å². The second-order valence-electron chi connectivity index (χ2n) is 12.4. The minimum Gasteiger partial charge on any atom is -0.507 e. The molecule has 1 fully saturated rings. The van der Waals surface area contributed by atoms with Gasteiger partial charge >= 0.3 is 0 Å². The number of aromatic hydroxyl groups is 2. The third-order valence-corrected chi connectivity index (χ3v) is 7.37. The van der Waals surface area contributed by atoms with Crippen molar-refractivity contribution in [2.75, 3.05) is 0 Å². The highest BCUT2D eigenvalue weighted by atomic mass is 16.3. The Hall–Kier alpha value is -2.04. The van der Waals surface area contributed by atoms with Crippen molar-refractivity contribution in [2.45, 2.75) is 117 Å². The van der Waals surface area contributed by atoms with Crippen LogP contribution in [0.2, 0.25) is 0 Å². The van der Waals surface area contributed by atoms with E-state index in [1.807, 2.05) is 13.8 Å². The van der Waals surface area contributed by atoms with Crippen LogP contribution in [0.3, 0.4) is 0 Å². The van der Waals surface area contributed by atoms with E-state index in [0.29, 0.717) is 36.7 Å². The number of nitrogens with one attached hydrogen (secondary N) is 2. The van der Waals surface area contributed by atoms with E-state index >= 15 is 0 Å². The largest absolute Gasteiger partial charge is 0.507 e. The Labute approximate surface area is 207 Å². The van der Waals surface area contributed by atoms with Crippen molar-refractivity contribution >= 4 is 0 Å². The normalized spacial score (nSPS) is 19.4. The first-order chi connectivity index (χ1) is 15.8. The van der Waals surface area contributed by atoms with E-state index < -0.39 is 0 Å². The number of benzene rings is 2. The number of rotatable bonds is 6. The first-order valence-electron chi connectivity index (χ1n) is 12.9. The number of hydrogen-bond donors (Lipinski definition) is 4. The van der Waals surface area contributed by atoms with E-state index in [4.69, 9.17) is 0 Å². The summed E-state index contributed by atoms with van der Waals surface area (Å²) in [6.07, 6.45) is 4.66. The SMILES string of the molecule is Cc1cc(C(C)(C)C)cc(CN[C@H]2CCCC[C@H]2NCc2cc(C(C)(C)C)cc(C)c2O)c1O. The molecule has 0 spiro atoms. The van der Waals surface area contributed by atoms with Gasteiger partial charge in [-0.2, -0.15) is 0 Å². The average molecular weight is 467 g/mol. The molecule has 4 heteroatoms. The molecule has 1 aliphatic rings. The maximum Gasteiger partial charge on any atom is 0.122 e. The van der Waals surface area contributed by atoms with Gasteiger partial charge in [0.05, 0.1) is 0 Å². The van der Waals surface area contributed by atoms with Gasteiger partial charge in [0.15, 0.2) is 0 Å². The van der Waals surface area contributed by atoms with Gasteiger partial charge in [0.25, 0.3) is 0 Å². The lowest BCUT2D eigenvalue weighted by molar-refractivity contribution is 0.279. The zero-order valence-corrected chi connectivity index (χ0v) is 22.6. The monoisotopic (exact) mass is 466 g/mol. The van der Waals surface area contributed by atoms with Gasteiger partial charge in [-0.05, 0) is 59.8 Å². The predicted molar refractivity (Wildman–Crippen MR) is 143 cm³/mol. The molecule has 0 aromatic heterocycles. The summed E-state index contributed by atoms with van der Waals surface area (Å²) >= 11 is 0. The third-order valence-electron chi connectivity index (χ3n) is 7.37. The van der Waals surface area contributed by atoms with Crippen LogP contribution in [0.15, 0.2) is 24.3 Å². The molecular weight excluding hydrogens is 420 g/mol. The highest BCUT2D eigenvalue weighted by Gasteiger charge is 2.26.